The Morgan fingerprint density at radius 1 is 1.32 bits per heavy atom. The molecule has 7 heteroatoms. The summed E-state index contributed by atoms with van der Waals surface area (Å²) in [6.45, 7) is 8.19. The maximum atomic E-state index is 5.78. The van der Waals surface area contributed by atoms with Crippen LogP contribution in [0.3, 0.4) is 0 Å². The monoisotopic (exact) mass is 337 g/mol. The Morgan fingerprint density at radius 3 is 2.73 bits per heavy atom. The van der Waals surface area contributed by atoms with E-state index in [1.54, 1.807) is 23.6 Å². The van der Waals surface area contributed by atoms with Crippen molar-refractivity contribution < 1.29 is 0 Å². The highest BCUT2D eigenvalue weighted by Gasteiger charge is 2.05. The molecule has 0 bridgehead atoms. The Morgan fingerprint density at radius 2 is 2.14 bits per heavy atom. The highest BCUT2D eigenvalue weighted by atomic mass is 35.5. The maximum absolute atomic E-state index is 5.78. The van der Waals surface area contributed by atoms with Gasteiger partial charge in [-0.2, -0.15) is 0 Å². The van der Waals surface area contributed by atoms with E-state index in [2.05, 4.69) is 25.6 Å². The van der Waals surface area contributed by atoms with Gasteiger partial charge in [0, 0.05) is 17.6 Å². The molecule has 2 heterocycles. The van der Waals surface area contributed by atoms with E-state index in [1.807, 2.05) is 26.8 Å². The molecule has 0 aliphatic rings. The summed E-state index contributed by atoms with van der Waals surface area (Å²) in [6.07, 6.45) is 1.74. The predicted octanol–water partition coefficient (Wildman–Crippen LogP) is 3.06. The Hall–Kier alpha value is -1.66. The molecule has 0 saturated heterocycles. The zero-order valence-corrected chi connectivity index (χ0v) is 14.6. The molecule has 0 atom stereocenters. The Bertz CT molecular complexity index is 636. The van der Waals surface area contributed by atoms with E-state index in [1.165, 1.54) is 4.88 Å². The van der Waals surface area contributed by atoms with Gasteiger partial charge in [0.15, 0.2) is 5.96 Å². The Labute approximate surface area is 139 Å². The van der Waals surface area contributed by atoms with Gasteiger partial charge in [-0.3, -0.25) is 0 Å². The minimum absolute atomic E-state index is 0.494. The molecular formula is C15H20ClN5S. The number of thiazole rings is 1. The molecular weight excluding hydrogens is 318 g/mol. The number of guanidine groups is 1. The first-order valence-corrected chi connectivity index (χ1v) is 8.33. The standard InChI is InChI=1S/C15H20ClN5S/c1-4-17-15(19-8-12-5-6-14(16)18-7-12)20-9-13-10(2)21-11(3)22-13/h5-7H,4,8-9H2,1-3H3,(H2,17,19,20). The van der Waals surface area contributed by atoms with Gasteiger partial charge in [-0.25, -0.2) is 15.0 Å². The lowest BCUT2D eigenvalue weighted by molar-refractivity contribution is 0.818. The van der Waals surface area contributed by atoms with Gasteiger partial charge in [-0.1, -0.05) is 17.7 Å². The van der Waals surface area contributed by atoms with Gasteiger partial charge in [-0.15, -0.1) is 11.3 Å². The van der Waals surface area contributed by atoms with Gasteiger partial charge in [0.1, 0.15) is 5.15 Å². The van der Waals surface area contributed by atoms with E-state index in [9.17, 15) is 0 Å². The number of halogens is 1. The third-order valence-corrected chi connectivity index (χ3v) is 4.27. The van der Waals surface area contributed by atoms with E-state index >= 15 is 0 Å². The van der Waals surface area contributed by atoms with E-state index in [0.29, 0.717) is 11.7 Å². The van der Waals surface area contributed by atoms with Crippen LogP contribution in [0.5, 0.6) is 0 Å². The average Bonchev–Trinajstić information content (AvgIpc) is 2.81. The second-order valence-electron chi connectivity index (χ2n) is 4.78. The van der Waals surface area contributed by atoms with E-state index in [0.717, 1.165) is 35.3 Å². The van der Waals surface area contributed by atoms with Crippen molar-refractivity contribution in [1.82, 2.24) is 20.6 Å². The smallest absolute Gasteiger partial charge is 0.191 e. The van der Waals surface area contributed by atoms with Crippen molar-refractivity contribution in [2.75, 3.05) is 6.54 Å². The third kappa shape index (κ3) is 4.96. The first-order valence-electron chi connectivity index (χ1n) is 7.14. The summed E-state index contributed by atoms with van der Waals surface area (Å²) in [5.74, 6) is 0.780. The van der Waals surface area contributed by atoms with Crippen molar-refractivity contribution in [1.29, 1.82) is 0 Å². The highest BCUT2D eigenvalue weighted by Crippen LogP contribution is 2.16. The van der Waals surface area contributed by atoms with Crippen molar-refractivity contribution in [3.63, 3.8) is 0 Å². The number of aromatic nitrogens is 2. The van der Waals surface area contributed by atoms with Crippen LogP contribution in [0.2, 0.25) is 5.15 Å². The number of aryl methyl sites for hydroxylation is 2. The number of nitrogens with zero attached hydrogens (tertiary/aromatic N) is 3. The molecule has 2 rings (SSSR count). The van der Waals surface area contributed by atoms with Crippen molar-refractivity contribution in [3.8, 4) is 0 Å². The van der Waals surface area contributed by atoms with Crippen LogP contribution in [-0.2, 0) is 13.1 Å². The van der Waals surface area contributed by atoms with Crippen LogP contribution in [0, 0.1) is 13.8 Å². The second-order valence-corrected chi connectivity index (χ2v) is 6.45. The molecule has 2 N–H and O–H groups in total. The summed E-state index contributed by atoms with van der Waals surface area (Å²) in [5, 5.41) is 8.15. The summed E-state index contributed by atoms with van der Waals surface area (Å²) < 4.78 is 0. The summed E-state index contributed by atoms with van der Waals surface area (Å²) in [7, 11) is 0. The summed E-state index contributed by atoms with van der Waals surface area (Å²) in [4.78, 5) is 14.3. The minimum Gasteiger partial charge on any atom is -0.357 e. The molecule has 0 saturated carbocycles. The summed E-state index contributed by atoms with van der Waals surface area (Å²) >= 11 is 7.49. The van der Waals surface area contributed by atoms with Crippen LogP contribution in [0.25, 0.3) is 0 Å². The molecule has 0 spiro atoms. The quantitative estimate of drug-likeness (QED) is 0.500. The van der Waals surface area contributed by atoms with E-state index < -0.39 is 0 Å². The molecule has 2 aromatic rings. The molecule has 0 aliphatic carbocycles. The predicted molar refractivity (Wildman–Crippen MR) is 92.5 cm³/mol. The lowest BCUT2D eigenvalue weighted by atomic mass is 10.3. The molecule has 0 radical (unpaired) electrons. The number of pyridine rings is 1. The van der Waals surface area contributed by atoms with E-state index in [-0.39, 0.29) is 0 Å². The summed E-state index contributed by atoms with van der Waals surface area (Å²) in [5.41, 5.74) is 2.10. The van der Waals surface area contributed by atoms with Crippen LogP contribution in [0.1, 0.15) is 28.1 Å². The zero-order valence-electron chi connectivity index (χ0n) is 13.0. The number of nitrogens with one attached hydrogen (secondary N) is 2. The molecule has 0 aliphatic heterocycles. The number of rotatable bonds is 5. The van der Waals surface area contributed by atoms with Crippen LogP contribution < -0.4 is 10.6 Å². The lowest BCUT2D eigenvalue weighted by Gasteiger charge is -2.10. The maximum Gasteiger partial charge on any atom is 0.191 e. The minimum atomic E-state index is 0.494. The molecule has 5 nitrogen and oxygen atoms in total. The normalized spacial score (nSPS) is 11.5. The Kier molecular flexibility index (Phi) is 6.15. The number of hydrogen-bond donors (Lipinski definition) is 2. The van der Waals surface area contributed by atoms with Crippen molar-refractivity contribution in [3.05, 3.63) is 44.6 Å². The number of hydrogen-bond acceptors (Lipinski definition) is 4. The van der Waals surface area contributed by atoms with Crippen molar-refractivity contribution >= 4 is 28.9 Å². The second kappa shape index (κ2) is 8.10. The molecule has 22 heavy (non-hydrogen) atoms. The van der Waals surface area contributed by atoms with Crippen LogP contribution in [0.15, 0.2) is 23.3 Å². The molecule has 0 amide bonds. The van der Waals surface area contributed by atoms with Gasteiger partial charge < -0.3 is 10.6 Å². The summed E-state index contributed by atoms with van der Waals surface area (Å²) in [6, 6.07) is 3.70. The van der Waals surface area contributed by atoms with Gasteiger partial charge in [0.25, 0.3) is 0 Å². The van der Waals surface area contributed by atoms with Gasteiger partial charge in [-0.05, 0) is 32.4 Å². The first-order chi connectivity index (χ1) is 10.6. The van der Waals surface area contributed by atoms with Crippen molar-refractivity contribution in [2.45, 2.75) is 33.9 Å². The highest BCUT2D eigenvalue weighted by molar-refractivity contribution is 7.11. The third-order valence-electron chi connectivity index (χ3n) is 2.97. The van der Waals surface area contributed by atoms with Crippen LogP contribution in [-0.4, -0.2) is 22.5 Å². The first kappa shape index (κ1) is 16.7. The fraction of sp³-hybridized carbons (Fsp3) is 0.400. The van der Waals surface area contributed by atoms with Crippen molar-refractivity contribution in [2.24, 2.45) is 4.99 Å². The van der Waals surface area contributed by atoms with E-state index in [4.69, 9.17) is 11.6 Å². The molecule has 118 valence electrons. The fourth-order valence-electron chi connectivity index (χ4n) is 1.91. The zero-order chi connectivity index (χ0) is 15.9. The molecule has 0 unspecified atom stereocenters. The lowest BCUT2D eigenvalue weighted by Crippen LogP contribution is -2.36. The van der Waals surface area contributed by atoms with Crippen LogP contribution >= 0.6 is 22.9 Å². The average molecular weight is 338 g/mol. The largest absolute Gasteiger partial charge is 0.357 e. The van der Waals surface area contributed by atoms with Gasteiger partial charge >= 0.3 is 0 Å². The van der Waals surface area contributed by atoms with Gasteiger partial charge in [0.05, 0.1) is 23.8 Å². The van der Waals surface area contributed by atoms with Gasteiger partial charge in [0.2, 0.25) is 0 Å². The molecule has 0 fully saturated rings. The molecule has 0 aromatic carbocycles. The molecule has 2 aromatic heterocycles. The Balaban J connectivity index is 1.97. The topological polar surface area (TPSA) is 62.2 Å². The number of aliphatic imine (C=N–C) groups is 1. The fourth-order valence-corrected chi connectivity index (χ4v) is 2.90. The van der Waals surface area contributed by atoms with Crippen LogP contribution in [0.4, 0.5) is 0 Å². The SMILES string of the molecule is CCNC(=NCc1ccc(Cl)nc1)NCc1sc(C)nc1C.